The lowest BCUT2D eigenvalue weighted by Gasteiger charge is -2.23. The van der Waals surface area contributed by atoms with E-state index < -0.39 is 42.1 Å². The fourth-order valence-corrected chi connectivity index (χ4v) is 3.00. The maximum Gasteiger partial charge on any atom is 0.240 e. The molecule has 0 saturated carbocycles. The van der Waals surface area contributed by atoms with Crippen LogP contribution in [0.5, 0.6) is 0 Å². The standard InChI is InChI=1S/C22H30N4O5/c23-17(19(28)14-7-3-1-4-8-14)21(30)25-12-11-16(13-27)26-22(31)18(24)20(29)15-9-5-2-6-10-15/h1-10,16-20,27-29H,11-13,23-24H2,(H,25,30)(H,26,31)/t16?,17-,18-,19?,20?/m0/s1. The molecule has 3 unspecified atom stereocenters. The number of aliphatic hydroxyl groups excluding tert-OH is 3. The molecule has 2 aromatic rings. The summed E-state index contributed by atoms with van der Waals surface area (Å²) in [6.45, 7) is -0.273. The predicted octanol–water partition coefficient (Wildman–Crippen LogP) is -0.908. The largest absolute Gasteiger partial charge is 0.394 e. The van der Waals surface area contributed by atoms with E-state index in [4.69, 9.17) is 11.5 Å². The predicted molar refractivity (Wildman–Crippen MR) is 115 cm³/mol. The first-order valence-corrected chi connectivity index (χ1v) is 10.0. The van der Waals surface area contributed by atoms with Gasteiger partial charge in [-0.1, -0.05) is 60.7 Å². The van der Waals surface area contributed by atoms with Gasteiger partial charge in [0.05, 0.1) is 12.6 Å². The van der Waals surface area contributed by atoms with Gasteiger partial charge in [0.1, 0.15) is 24.3 Å². The summed E-state index contributed by atoms with van der Waals surface area (Å²) in [5.41, 5.74) is 12.7. The molecule has 9 nitrogen and oxygen atoms in total. The number of nitrogens with one attached hydrogen (secondary N) is 2. The molecular weight excluding hydrogens is 400 g/mol. The quantitative estimate of drug-likeness (QED) is 0.242. The normalized spacial score (nSPS) is 15.9. The highest BCUT2D eigenvalue weighted by molar-refractivity contribution is 5.83. The number of nitrogens with two attached hydrogens (primary N) is 2. The second-order valence-electron chi connectivity index (χ2n) is 7.23. The Morgan fingerprint density at radius 1 is 0.806 bits per heavy atom. The third kappa shape index (κ3) is 7.12. The van der Waals surface area contributed by atoms with Crippen molar-refractivity contribution in [3.63, 3.8) is 0 Å². The average Bonchev–Trinajstić information content (AvgIpc) is 2.82. The lowest BCUT2D eigenvalue weighted by atomic mass is 10.0. The number of carbonyl (C=O) groups excluding carboxylic acids is 2. The van der Waals surface area contributed by atoms with Crippen LogP contribution in [-0.4, -0.2) is 58.4 Å². The summed E-state index contributed by atoms with van der Waals surface area (Å²) < 4.78 is 0. The van der Waals surface area contributed by atoms with E-state index in [1.54, 1.807) is 60.7 Å². The van der Waals surface area contributed by atoms with Crippen LogP contribution in [0.1, 0.15) is 29.8 Å². The minimum atomic E-state index is -1.22. The summed E-state index contributed by atoms with van der Waals surface area (Å²) >= 11 is 0. The molecule has 0 fully saturated rings. The Hall–Kier alpha value is -2.82. The van der Waals surface area contributed by atoms with Crippen molar-refractivity contribution in [2.45, 2.75) is 36.8 Å². The molecule has 0 aliphatic heterocycles. The van der Waals surface area contributed by atoms with E-state index in [2.05, 4.69) is 10.6 Å². The average molecular weight is 431 g/mol. The summed E-state index contributed by atoms with van der Waals surface area (Å²) in [7, 11) is 0. The van der Waals surface area contributed by atoms with E-state index >= 15 is 0 Å². The Bertz CT molecular complexity index is 821. The third-order valence-corrected chi connectivity index (χ3v) is 4.93. The second-order valence-corrected chi connectivity index (χ2v) is 7.23. The van der Waals surface area contributed by atoms with E-state index in [1.165, 1.54) is 0 Å². The molecular formula is C22H30N4O5. The third-order valence-electron chi connectivity index (χ3n) is 4.93. The molecule has 0 radical (unpaired) electrons. The zero-order valence-corrected chi connectivity index (χ0v) is 17.1. The van der Waals surface area contributed by atoms with Crippen LogP contribution in [0.2, 0.25) is 0 Å². The lowest BCUT2D eigenvalue weighted by Crippen LogP contribution is -2.50. The minimum absolute atomic E-state index is 0.107. The number of aliphatic hydroxyl groups is 3. The molecule has 5 atom stereocenters. The fourth-order valence-electron chi connectivity index (χ4n) is 3.00. The van der Waals surface area contributed by atoms with Crippen LogP contribution in [0.4, 0.5) is 0 Å². The van der Waals surface area contributed by atoms with Crippen LogP contribution in [0.3, 0.4) is 0 Å². The number of hydrogen-bond acceptors (Lipinski definition) is 7. The molecule has 31 heavy (non-hydrogen) atoms. The molecule has 0 aliphatic carbocycles. The van der Waals surface area contributed by atoms with Crippen LogP contribution in [0.25, 0.3) is 0 Å². The molecule has 0 aromatic heterocycles. The first-order chi connectivity index (χ1) is 14.8. The zero-order chi connectivity index (χ0) is 22.8. The van der Waals surface area contributed by atoms with Gasteiger partial charge in [-0.15, -0.1) is 0 Å². The maximum absolute atomic E-state index is 12.3. The highest BCUT2D eigenvalue weighted by atomic mass is 16.3. The van der Waals surface area contributed by atoms with Crippen molar-refractivity contribution in [1.82, 2.24) is 10.6 Å². The van der Waals surface area contributed by atoms with Crippen molar-refractivity contribution in [2.75, 3.05) is 13.2 Å². The van der Waals surface area contributed by atoms with Gasteiger partial charge in [-0.3, -0.25) is 9.59 Å². The lowest BCUT2D eigenvalue weighted by molar-refractivity contribution is -0.126. The molecule has 168 valence electrons. The van der Waals surface area contributed by atoms with Crippen molar-refractivity contribution >= 4 is 11.8 Å². The van der Waals surface area contributed by atoms with E-state index in [1.807, 2.05) is 0 Å². The number of rotatable bonds is 11. The molecule has 9 N–H and O–H groups in total. The van der Waals surface area contributed by atoms with Gasteiger partial charge in [-0.05, 0) is 17.5 Å². The van der Waals surface area contributed by atoms with Gasteiger partial charge in [0.25, 0.3) is 0 Å². The Morgan fingerprint density at radius 2 is 1.26 bits per heavy atom. The van der Waals surface area contributed by atoms with Crippen molar-refractivity contribution in [1.29, 1.82) is 0 Å². The van der Waals surface area contributed by atoms with Gasteiger partial charge in [-0.25, -0.2) is 0 Å². The highest BCUT2D eigenvalue weighted by Gasteiger charge is 2.27. The molecule has 0 aliphatic rings. The number of benzene rings is 2. The van der Waals surface area contributed by atoms with Crippen LogP contribution >= 0.6 is 0 Å². The van der Waals surface area contributed by atoms with E-state index in [0.717, 1.165) is 0 Å². The molecule has 2 rings (SSSR count). The Kier molecular flexibility index (Phi) is 9.57. The minimum Gasteiger partial charge on any atom is -0.394 e. The first kappa shape index (κ1) is 24.4. The molecule has 0 spiro atoms. The van der Waals surface area contributed by atoms with Crippen LogP contribution in [0, 0.1) is 0 Å². The number of carbonyl (C=O) groups is 2. The van der Waals surface area contributed by atoms with Crippen LogP contribution < -0.4 is 22.1 Å². The maximum atomic E-state index is 12.3. The number of hydrogen-bond donors (Lipinski definition) is 7. The summed E-state index contributed by atoms with van der Waals surface area (Å²) in [5, 5.41) is 35.2. The van der Waals surface area contributed by atoms with Crippen molar-refractivity contribution in [2.24, 2.45) is 11.5 Å². The van der Waals surface area contributed by atoms with Gasteiger partial charge in [0.2, 0.25) is 11.8 Å². The van der Waals surface area contributed by atoms with E-state index in [-0.39, 0.29) is 19.6 Å². The first-order valence-electron chi connectivity index (χ1n) is 10.0. The highest BCUT2D eigenvalue weighted by Crippen LogP contribution is 2.16. The molecule has 2 amide bonds. The van der Waals surface area contributed by atoms with Gasteiger partial charge < -0.3 is 37.4 Å². The molecule has 9 heteroatoms. The molecule has 2 aromatic carbocycles. The summed E-state index contributed by atoms with van der Waals surface area (Å²) in [6.07, 6.45) is -2.15. The summed E-state index contributed by atoms with van der Waals surface area (Å²) in [6, 6.07) is 14.1. The van der Waals surface area contributed by atoms with Gasteiger partial charge in [0.15, 0.2) is 0 Å². The molecule has 0 bridgehead atoms. The van der Waals surface area contributed by atoms with Gasteiger partial charge in [0, 0.05) is 6.54 Å². The molecule has 0 heterocycles. The summed E-state index contributed by atoms with van der Waals surface area (Å²) in [4.78, 5) is 24.5. The van der Waals surface area contributed by atoms with Crippen LogP contribution in [0.15, 0.2) is 60.7 Å². The monoisotopic (exact) mass is 430 g/mol. The Morgan fingerprint density at radius 3 is 1.71 bits per heavy atom. The van der Waals surface area contributed by atoms with Gasteiger partial charge in [-0.2, -0.15) is 0 Å². The topological polar surface area (TPSA) is 171 Å². The van der Waals surface area contributed by atoms with Crippen molar-refractivity contribution in [3.8, 4) is 0 Å². The zero-order valence-electron chi connectivity index (χ0n) is 17.1. The fraction of sp³-hybridized carbons (Fsp3) is 0.364. The van der Waals surface area contributed by atoms with Crippen LogP contribution in [-0.2, 0) is 9.59 Å². The Balaban J connectivity index is 1.80. The van der Waals surface area contributed by atoms with E-state index in [0.29, 0.717) is 11.1 Å². The smallest absolute Gasteiger partial charge is 0.240 e. The molecule has 0 saturated heterocycles. The summed E-state index contributed by atoms with van der Waals surface area (Å²) in [5.74, 6) is -1.19. The van der Waals surface area contributed by atoms with Crippen molar-refractivity contribution < 1.29 is 24.9 Å². The second kappa shape index (κ2) is 12.1. The Labute approximate surface area is 181 Å². The number of amides is 2. The SMILES string of the molecule is N[C@H](C(=O)NCCC(CO)NC(=O)[C@@H](N)C(O)c1ccccc1)C(O)c1ccccc1. The van der Waals surface area contributed by atoms with E-state index in [9.17, 15) is 24.9 Å². The van der Waals surface area contributed by atoms with Gasteiger partial charge >= 0.3 is 0 Å². The van der Waals surface area contributed by atoms with Crippen molar-refractivity contribution in [3.05, 3.63) is 71.8 Å².